The van der Waals surface area contributed by atoms with Gasteiger partial charge in [0.25, 0.3) is 0 Å². The van der Waals surface area contributed by atoms with Crippen LogP contribution >= 0.6 is 12.4 Å². The van der Waals surface area contributed by atoms with Gasteiger partial charge in [0.05, 0.1) is 6.04 Å². The molecule has 2 unspecified atom stereocenters. The first kappa shape index (κ1) is 19.5. The Morgan fingerprint density at radius 3 is 2.39 bits per heavy atom. The molecule has 0 aliphatic heterocycles. The maximum atomic E-state index is 11.9. The molecule has 0 heterocycles. The van der Waals surface area contributed by atoms with Crippen molar-refractivity contribution in [2.24, 2.45) is 11.7 Å². The lowest BCUT2D eigenvalue weighted by Crippen LogP contribution is -2.45. The summed E-state index contributed by atoms with van der Waals surface area (Å²) in [5.74, 6) is 0.136. The molecule has 0 aliphatic rings. The van der Waals surface area contributed by atoms with Crippen LogP contribution in [0, 0.1) is 5.92 Å². The highest BCUT2D eigenvalue weighted by atomic mass is 35.5. The summed E-state index contributed by atoms with van der Waals surface area (Å²) >= 11 is 0. The van der Waals surface area contributed by atoms with E-state index in [9.17, 15) is 9.59 Å². The number of rotatable bonds is 7. The molecular weight excluding hydrogens is 254 g/mol. The number of amides is 2. The second kappa shape index (κ2) is 10.1. The smallest absolute Gasteiger partial charge is 0.239 e. The van der Waals surface area contributed by atoms with Gasteiger partial charge in [-0.05, 0) is 12.3 Å². The Morgan fingerprint density at radius 1 is 1.39 bits per heavy atom. The fraction of sp³-hybridized carbons (Fsp3) is 0.833. The van der Waals surface area contributed by atoms with Gasteiger partial charge in [0, 0.05) is 27.1 Å². The van der Waals surface area contributed by atoms with E-state index in [4.69, 9.17) is 5.73 Å². The third-order valence-electron chi connectivity index (χ3n) is 3.09. The van der Waals surface area contributed by atoms with Gasteiger partial charge >= 0.3 is 0 Å². The fourth-order valence-corrected chi connectivity index (χ4v) is 1.46. The summed E-state index contributed by atoms with van der Waals surface area (Å²) in [6.45, 7) is 4.56. The molecule has 0 rings (SSSR count). The summed E-state index contributed by atoms with van der Waals surface area (Å²) in [7, 11) is 3.34. The van der Waals surface area contributed by atoms with Crippen LogP contribution in [-0.2, 0) is 9.59 Å². The van der Waals surface area contributed by atoms with Gasteiger partial charge in [-0.1, -0.05) is 20.3 Å². The van der Waals surface area contributed by atoms with E-state index in [1.165, 1.54) is 0 Å². The van der Waals surface area contributed by atoms with Crippen molar-refractivity contribution in [2.75, 3.05) is 20.6 Å². The Kier molecular flexibility index (Phi) is 11.0. The molecule has 3 N–H and O–H groups in total. The average Bonchev–Trinajstić information content (AvgIpc) is 2.35. The van der Waals surface area contributed by atoms with Crippen LogP contribution in [0.3, 0.4) is 0 Å². The van der Waals surface area contributed by atoms with Crippen LogP contribution in [0.5, 0.6) is 0 Å². The number of hydrogen-bond donors (Lipinski definition) is 2. The lowest BCUT2D eigenvalue weighted by Gasteiger charge is -2.24. The standard InChI is InChI=1S/C12H25N3O2.ClH/c1-5-9(2)11(13)12(17)15(4)8-6-7-10(16)14-3;/h9,11H,5-8,13H2,1-4H3,(H,14,16);1H. The van der Waals surface area contributed by atoms with Crippen molar-refractivity contribution in [3.05, 3.63) is 0 Å². The highest BCUT2D eigenvalue weighted by molar-refractivity contribution is 5.85. The molecule has 2 amide bonds. The topological polar surface area (TPSA) is 75.4 Å². The number of likely N-dealkylation sites (N-methyl/N-ethyl adjacent to an activating group) is 1. The molecular formula is C12H26ClN3O2. The van der Waals surface area contributed by atoms with E-state index < -0.39 is 6.04 Å². The number of halogens is 1. The number of nitrogens with two attached hydrogens (primary N) is 1. The third kappa shape index (κ3) is 6.81. The second-order valence-corrected chi connectivity index (χ2v) is 4.45. The number of carbonyl (C=O) groups excluding carboxylic acids is 2. The van der Waals surface area contributed by atoms with E-state index in [0.717, 1.165) is 6.42 Å². The molecule has 2 atom stereocenters. The molecule has 108 valence electrons. The quantitative estimate of drug-likeness (QED) is 0.723. The average molecular weight is 280 g/mol. The maximum absolute atomic E-state index is 11.9. The Morgan fingerprint density at radius 2 is 1.94 bits per heavy atom. The van der Waals surface area contributed by atoms with Gasteiger partial charge in [-0.3, -0.25) is 9.59 Å². The maximum Gasteiger partial charge on any atom is 0.239 e. The Balaban J connectivity index is 0. The summed E-state index contributed by atoms with van der Waals surface area (Å²) in [5, 5.41) is 2.55. The number of nitrogens with zero attached hydrogens (tertiary/aromatic N) is 1. The number of hydrogen-bond acceptors (Lipinski definition) is 3. The minimum absolute atomic E-state index is 0. The number of nitrogens with one attached hydrogen (secondary N) is 1. The highest BCUT2D eigenvalue weighted by Gasteiger charge is 2.22. The van der Waals surface area contributed by atoms with Gasteiger partial charge < -0.3 is 16.0 Å². The van der Waals surface area contributed by atoms with Crippen molar-refractivity contribution in [2.45, 2.75) is 39.2 Å². The Bertz CT molecular complexity index is 262. The van der Waals surface area contributed by atoms with Crippen molar-refractivity contribution >= 4 is 24.2 Å². The molecule has 0 aliphatic carbocycles. The van der Waals surface area contributed by atoms with Crippen LogP contribution in [-0.4, -0.2) is 43.4 Å². The first-order valence-electron chi connectivity index (χ1n) is 6.15. The predicted molar refractivity (Wildman–Crippen MR) is 75.6 cm³/mol. The van der Waals surface area contributed by atoms with Gasteiger partial charge in [0.15, 0.2) is 0 Å². The van der Waals surface area contributed by atoms with Gasteiger partial charge in [-0.2, -0.15) is 0 Å². The van der Waals surface area contributed by atoms with Crippen molar-refractivity contribution in [3.8, 4) is 0 Å². The number of carbonyl (C=O) groups is 2. The predicted octanol–water partition coefficient (Wildman–Crippen LogP) is 0.766. The normalized spacial score (nSPS) is 13.2. The van der Waals surface area contributed by atoms with Crippen molar-refractivity contribution < 1.29 is 9.59 Å². The SMILES string of the molecule is CCC(C)C(N)C(=O)N(C)CCCC(=O)NC.Cl. The Labute approximate surface area is 116 Å². The van der Waals surface area contributed by atoms with Gasteiger partial charge in [-0.25, -0.2) is 0 Å². The van der Waals surface area contributed by atoms with Crippen LogP contribution in [0.15, 0.2) is 0 Å². The summed E-state index contributed by atoms with van der Waals surface area (Å²) in [6.07, 6.45) is 1.99. The van der Waals surface area contributed by atoms with E-state index in [1.807, 2.05) is 13.8 Å². The summed E-state index contributed by atoms with van der Waals surface area (Å²) in [6, 6.07) is -0.440. The molecule has 0 aromatic carbocycles. The molecule has 5 nitrogen and oxygen atoms in total. The lowest BCUT2D eigenvalue weighted by molar-refractivity contribution is -0.132. The first-order valence-corrected chi connectivity index (χ1v) is 6.15. The molecule has 6 heteroatoms. The monoisotopic (exact) mass is 279 g/mol. The van der Waals surface area contributed by atoms with E-state index in [2.05, 4.69) is 5.32 Å². The molecule has 0 aromatic heterocycles. The van der Waals surface area contributed by atoms with E-state index in [0.29, 0.717) is 19.4 Å². The van der Waals surface area contributed by atoms with E-state index in [-0.39, 0.29) is 30.1 Å². The van der Waals surface area contributed by atoms with E-state index >= 15 is 0 Å². The van der Waals surface area contributed by atoms with Crippen LogP contribution < -0.4 is 11.1 Å². The molecule has 0 saturated carbocycles. The van der Waals surface area contributed by atoms with Gasteiger partial charge in [0.2, 0.25) is 11.8 Å². The van der Waals surface area contributed by atoms with Crippen molar-refractivity contribution in [3.63, 3.8) is 0 Å². The zero-order valence-electron chi connectivity index (χ0n) is 11.7. The minimum atomic E-state index is -0.440. The molecule has 0 bridgehead atoms. The third-order valence-corrected chi connectivity index (χ3v) is 3.09. The summed E-state index contributed by atoms with van der Waals surface area (Å²) < 4.78 is 0. The van der Waals surface area contributed by atoms with Crippen LogP contribution in [0.1, 0.15) is 33.1 Å². The molecule has 0 aromatic rings. The zero-order chi connectivity index (χ0) is 13.4. The molecule has 0 radical (unpaired) electrons. The minimum Gasteiger partial charge on any atom is -0.359 e. The summed E-state index contributed by atoms with van der Waals surface area (Å²) in [4.78, 5) is 24.5. The van der Waals surface area contributed by atoms with Crippen LogP contribution in [0.25, 0.3) is 0 Å². The first-order chi connectivity index (χ1) is 7.93. The molecule has 0 saturated heterocycles. The van der Waals surface area contributed by atoms with E-state index in [1.54, 1.807) is 19.0 Å². The molecule has 0 spiro atoms. The highest BCUT2D eigenvalue weighted by Crippen LogP contribution is 2.08. The summed E-state index contributed by atoms with van der Waals surface area (Å²) in [5.41, 5.74) is 5.86. The molecule has 18 heavy (non-hydrogen) atoms. The van der Waals surface area contributed by atoms with Gasteiger partial charge in [-0.15, -0.1) is 12.4 Å². The van der Waals surface area contributed by atoms with Crippen molar-refractivity contribution in [1.29, 1.82) is 0 Å². The second-order valence-electron chi connectivity index (χ2n) is 4.45. The Hall–Kier alpha value is -0.810. The molecule has 0 fully saturated rings. The van der Waals surface area contributed by atoms with Crippen LogP contribution in [0.2, 0.25) is 0 Å². The van der Waals surface area contributed by atoms with Crippen molar-refractivity contribution in [1.82, 2.24) is 10.2 Å². The zero-order valence-corrected chi connectivity index (χ0v) is 12.5. The lowest BCUT2D eigenvalue weighted by atomic mass is 9.99. The van der Waals surface area contributed by atoms with Crippen LogP contribution in [0.4, 0.5) is 0 Å². The fourth-order valence-electron chi connectivity index (χ4n) is 1.46. The largest absolute Gasteiger partial charge is 0.359 e. The van der Waals surface area contributed by atoms with Gasteiger partial charge in [0.1, 0.15) is 0 Å².